The van der Waals surface area contributed by atoms with Crippen LogP contribution in [0, 0.1) is 13.8 Å². The molecule has 6 amide bonds. The van der Waals surface area contributed by atoms with Crippen LogP contribution in [0.25, 0.3) is 22.3 Å². The Morgan fingerprint density at radius 2 is 0.738 bits per heavy atom. The fraction of sp³-hybridized carbons (Fsp3) is 0.547. The van der Waals surface area contributed by atoms with Crippen LogP contribution in [0.5, 0.6) is 0 Å². The van der Waals surface area contributed by atoms with Gasteiger partial charge in [0.2, 0.25) is 0 Å². The normalized spacial score (nSPS) is 23.1. The number of ketones is 1. The van der Waals surface area contributed by atoms with Crippen molar-refractivity contribution in [1.29, 1.82) is 0 Å². The third kappa shape index (κ3) is 15.6. The Kier molecular flexibility index (Phi) is 24.2. The molecule has 10 rings (SSSR count). The lowest BCUT2D eigenvalue weighted by molar-refractivity contribution is -0.121. The summed E-state index contributed by atoms with van der Waals surface area (Å²) < 4.78 is 0. The molecule has 16 heteroatoms. The standard InChI is InChI=1S/C31H42N4O3.C31H40N4O3.2CH4.2H2S/c2*1-22-4-6-23(7-5-22)24-8-10-25(11-9-24)30(37)32(2)27-17-19-35(21-27)31(38)33(3)28-16-18-34(20-28)26-12-14-29(36)15-13-26;;;;/h4-11,26-29,36H,12-21H2,1-3H3;4-11,26-28H,12-21H2,1-3H3;2*1H4;2*1H2/t26?,27-,28?,29?;27-,28?;;;;/m00..../s1. The zero-order chi connectivity index (χ0) is 53.6. The summed E-state index contributed by atoms with van der Waals surface area (Å²) in [6, 6.07) is 34.0. The lowest BCUT2D eigenvalue weighted by atomic mass is 9.92. The number of aliphatic hydroxyl groups excluding tert-OH is 1. The third-order valence-corrected chi connectivity index (χ3v) is 17.9. The SMILES string of the molecule is C.C.Cc1ccc(-c2ccc(C(=O)N(C)[C@H]3CCN(C(=O)N(C)C4CCN(C5CCC(=O)CC5)C4)C3)cc2)cc1.Cc1ccc(-c2ccc(C(=O)N(C)[C@H]3CCN(C(=O)N(C)C4CCN(C5CCC(O)CC5)C4)C3)cc2)cc1.S.S. The number of nitrogens with zero attached hydrogens (tertiary/aromatic N) is 8. The number of carbonyl (C=O) groups excluding carboxylic acids is 5. The molecule has 4 aromatic carbocycles. The molecule has 438 valence electrons. The molecular weight excluding hydrogens is 1040 g/mol. The van der Waals surface area contributed by atoms with Gasteiger partial charge in [0, 0.05) is 129 Å². The summed E-state index contributed by atoms with van der Waals surface area (Å²) >= 11 is 0. The van der Waals surface area contributed by atoms with E-state index in [-0.39, 0.29) is 96.0 Å². The minimum Gasteiger partial charge on any atom is -0.393 e. The molecule has 0 aromatic heterocycles. The monoisotopic (exact) mass is 1130 g/mol. The van der Waals surface area contributed by atoms with Crippen molar-refractivity contribution in [2.24, 2.45) is 0 Å². The van der Waals surface area contributed by atoms with Crippen molar-refractivity contribution in [3.8, 4) is 22.3 Å². The van der Waals surface area contributed by atoms with Crippen LogP contribution in [0.15, 0.2) is 97.1 Å². The van der Waals surface area contributed by atoms with Gasteiger partial charge in [0.05, 0.1) is 18.2 Å². The molecule has 4 atom stereocenters. The number of hydrogen-bond donors (Lipinski definition) is 1. The number of hydrogen-bond acceptors (Lipinski definition) is 8. The number of rotatable bonds is 10. The van der Waals surface area contributed by atoms with Gasteiger partial charge >= 0.3 is 12.1 Å². The second kappa shape index (κ2) is 29.5. The Labute approximate surface area is 492 Å². The van der Waals surface area contributed by atoms with E-state index >= 15 is 0 Å². The molecule has 4 aromatic rings. The molecule has 0 radical (unpaired) electrons. The topological polar surface area (TPSA) is 131 Å². The Morgan fingerprint density at radius 1 is 0.425 bits per heavy atom. The van der Waals surface area contributed by atoms with Crippen molar-refractivity contribution in [3.05, 3.63) is 119 Å². The first-order chi connectivity index (χ1) is 36.6. The number of benzene rings is 4. The predicted molar refractivity (Wildman–Crippen MR) is 333 cm³/mol. The summed E-state index contributed by atoms with van der Waals surface area (Å²) in [7, 11) is 7.55. The van der Waals surface area contributed by atoms with Crippen molar-refractivity contribution < 1.29 is 29.1 Å². The second-order valence-electron chi connectivity index (χ2n) is 22.9. The summed E-state index contributed by atoms with van der Waals surface area (Å²) in [6.45, 7) is 10.4. The Hall–Kier alpha value is -5.39. The van der Waals surface area contributed by atoms with Gasteiger partial charge < -0.3 is 34.5 Å². The summed E-state index contributed by atoms with van der Waals surface area (Å²) in [5.41, 5.74) is 8.25. The molecule has 1 N–H and O–H groups in total. The Balaban J connectivity index is 0.000000280. The first-order valence-electron chi connectivity index (χ1n) is 28.2. The van der Waals surface area contributed by atoms with E-state index in [1.165, 1.54) is 11.1 Å². The number of likely N-dealkylation sites (tertiary alicyclic amines) is 4. The van der Waals surface area contributed by atoms with Crippen molar-refractivity contribution in [2.75, 3.05) is 80.5 Å². The van der Waals surface area contributed by atoms with E-state index in [0.29, 0.717) is 68.0 Å². The minimum absolute atomic E-state index is 0. The van der Waals surface area contributed by atoms with Gasteiger partial charge in [0.15, 0.2) is 0 Å². The van der Waals surface area contributed by atoms with Crippen LogP contribution in [0.2, 0.25) is 0 Å². The third-order valence-electron chi connectivity index (χ3n) is 17.9. The fourth-order valence-corrected chi connectivity index (χ4v) is 12.6. The van der Waals surface area contributed by atoms with Crippen LogP contribution < -0.4 is 0 Å². The maximum absolute atomic E-state index is 13.4. The molecular formula is C64H94N8O6S2. The number of aliphatic hydroxyl groups is 1. The number of aryl methyl sites for hydroxylation is 2. The van der Waals surface area contributed by atoms with Crippen LogP contribution in [-0.2, 0) is 4.79 Å². The van der Waals surface area contributed by atoms with E-state index in [9.17, 15) is 29.1 Å². The molecule has 0 bridgehead atoms. The van der Waals surface area contributed by atoms with E-state index in [1.807, 2.05) is 101 Å². The molecule has 0 spiro atoms. The number of amides is 6. The smallest absolute Gasteiger partial charge is 0.320 e. The number of likely N-dealkylation sites (N-methyl/N-ethyl adjacent to an activating group) is 4. The van der Waals surface area contributed by atoms with E-state index < -0.39 is 0 Å². The zero-order valence-electron chi connectivity index (χ0n) is 47.0. The van der Waals surface area contributed by atoms with Crippen molar-refractivity contribution in [2.45, 2.75) is 148 Å². The predicted octanol–water partition coefficient (Wildman–Crippen LogP) is 10.2. The maximum atomic E-state index is 13.4. The highest BCUT2D eigenvalue weighted by molar-refractivity contribution is 7.59. The lowest BCUT2D eigenvalue weighted by Gasteiger charge is -2.34. The van der Waals surface area contributed by atoms with Crippen molar-refractivity contribution >= 4 is 56.7 Å². The zero-order valence-corrected chi connectivity index (χ0v) is 49.0. The van der Waals surface area contributed by atoms with Crippen molar-refractivity contribution in [1.82, 2.24) is 39.2 Å². The van der Waals surface area contributed by atoms with E-state index in [1.54, 1.807) is 4.90 Å². The molecule has 2 unspecified atom stereocenters. The van der Waals surface area contributed by atoms with Gasteiger partial charge in [0.25, 0.3) is 11.8 Å². The van der Waals surface area contributed by atoms with E-state index in [0.717, 1.165) is 113 Å². The summed E-state index contributed by atoms with van der Waals surface area (Å²) in [6.07, 6.45) is 10.6. The molecule has 4 aliphatic heterocycles. The highest BCUT2D eigenvalue weighted by atomic mass is 32.1. The Morgan fingerprint density at radius 3 is 1.10 bits per heavy atom. The van der Waals surface area contributed by atoms with Gasteiger partial charge in [-0.1, -0.05) is 98.8 Å². The molecule has 14 nitrogen and oxygen atoms in total. The maximum Gasteiger partial charge on any atom is 0.320 e. The summed E-state index contributed by atoms with van der Waals surface area (Å²) in [5.74, 6) is 0.373. The second-order valence-corrected chi connectivity index (χ2v) is 22.9. The average molecular weight is 1140 g/mol. The van der Waals surface area contributed by atoms with Crippen molar-refractivity contribution in [3.63, 3.8) is 0 Å². The highest BCUT2D eigenvalue weighted by Crippen LogP contribution is 2.31. The first kappa shape index (κ1) is 65.4. The van der Waals surface area contributed by atoms with Gasteiger partial charge in [-0.25, -0.2) is 9.59 Å². The number of carbonyl (C=O) groups is 5. The van der Waals surface area contributed by atoms with Crippen LogP contribution in [0.3, 0.4) is 0 Å². The van der Waals surface area contributed by atoms with Crippen LogP contribution in [0.4, 0.5) is 9.59 Å². The van der Waals surface area contributed by atoms with Gasteiger partial charge in [-0.3, -0.25) is 24.2 Å². The quantitative estimate of drug-likeness (QED) is 0.166. The van der Waals surface area contributed by atoms with Gasteiger partial charge in [-0.2, -0.15) is 27.0 Å². The van der Waals surface area contributed by atoms with Crippen LogP contribution in [-0.4, -0.2) is 197 Å². The molecule has 4 saturated heterocycles. The number of Topliss-reactive ketones (excluding diaryl/α,β-unsaturated/α-hetero) is 1. The fourth-order valence-electron chi connectivity index (χ4n) is 12.6. The minimum atomic E-state index is -0.139. The molecule has 6 fully saturated rings. The van der Waals surface area contributed by atoms with Gasteiger partial charge in [0.1, 0.15) is 5.78 Å². The Bertz CT molecular complexity index is 2640. The molecule has 6 aliphatic rings. The largest absolute Gasteiger partial charge is 0.393 e. The molecule has 4 heterocycles. The summed E-state index contributed by atoms with van der Waals surface area (Å²) in [4.78, 5) is 81.0. The first-order valence-corrected chi connectivity index (χ1v) is 28.2. The number of urea groups is 2. The van der Waals surface area contributed by atoms with Gasteiger partial charge in [-0.05, 0) is 125 Å². The molecule has 80 heavy (non-hydrogen) atoms. The van der Waals surface area contributed by atoms with Gasteiger partial charge in [-0.15, -0.1) is 0 Å². The molecule has 2 saturated carbocycles. The average Bonchev–Trinajstić information content (AvgIpc) is 4.33. The van der Waals surface area contributed by atoms with Crippen LogP contribution >= 0.6 is 27.0 Å². The van der Waals surface area contributed by atoms with Crippen LogP contribution in [0.1, 0.15) is 124 Å². The highest BCUT2D eigenvalue weighted by Gasteiger charge is 2.40. The molecule has 2 aliphatic carbocycles. The summed E-state index contributed by atoms with van der Waals surface area (Å²) in [5, 5.41) is 9.82. The van der Waals surface area contributed by atoms with E-state index in [2.05, 4.69) is 72.2 Å². The van der Waals surface area contributed by atoms with E-state index in [4.69, 9.17) is 0 Å². The lowest BCUT2D eigenvalue weighted by Crippen LogP contribution is -2.48.